The summed E-state index contributed by atoms with van der Waals surface area (Å²) >= 11 is 5.89. The Bertz CT molecular complexity index is 1520. The van der Waals surface area contributed by atoms with Gasteiger partial charge in [-0.25, -0.2) is 14.4 Å². The van der Waals surface area contributed by atoms with Crippen LogP contribution >= 0.6 is 11.6 Å². The summed E-state index contributed by atoms with van der Waals surface area (Å²) in [6.45, 7) is -1.79. The highest BCUT2D eigenvalue weighted by atomic mass is 35.5. The van der Waals surface area contributed by atoms with Gasteiger partial charge in [0, 0.05) is 25.6 Å². The molecule has 1 saturated heterocycles. The van der Waals surface area contributed by atoms with Crippen LogP contribution < -0.4 is 10.6 Å². The molecular weight excluding hydrogens is 441 g/mol. The molecular formula is C25H23ClFN5O. The molecule has 0 spiro atoms. The molecule has 2 heterocycles. The number of rotatable bonds is 4. The summed E-state index contributed by atoms with van der Waals surface area (Å²) in [5.41, 5.74) is -0.710. The topological polar surface area (TPSA) is 70.2 Å². The summed E-state index contributed by atoms with van der Waals surface area (Å²) in [4.78, 5) is 21.8. The van der Waals surface area contributed by atoms with Gasteiger partial charge >= 0.3 is 0 Å². The quantitative estimate of drug-likeness (QED) is 0.416. The second kappa shape index (κ2) is 9.18. The summed E-state index contributed by atoms with van der Waals surface area (Å²) in [7, 11) is 0. The Hall–Kier alpha value is -3.47. The summed E-state index contributed by atoms with van der Waals surface area (Å²) in [5.74, 6) is 4.66. The molecule has 1 aromatic heterocycles. The van der Waals surface area contributed by atoms with E-state index in [1.54, 1.807) is 6.07 Å². The first kappa shape index (κ1) is 16.2. The van der Waals surface area contributed by atoms with Crippen LogP contribution in [0.25, 0.3) is 10.9 Å². The normalized spacial score (nSPS) is 21.4. The molecule has 1 atom stereocenters. The van der Waals surface area contributed by atoms with E-state index in [1.165, 1.54) is 30.6 Å². The van der Waals surface area contributed by atoms with E-state index in [9.17, 15) is 9.18 Å². The molecule has 0 saturated carbocycles. The maximum Gasteiger partial charge on any atom is 0.247 e. The predicted molar refractivity (Wildman–Crippen MR) is 130 cm³/mol. The van der Waals surface area contributed by atoms with E-state index >= 15 is 0 Å². The van der Waals surface area contributed by atoms with Gasteiger partial charge in [0.2, 0.25) is 5.91 Å². The molecule has 2 N–H and O–H groups in total. The highest BCUT2D eigenvalue weighted by molar-refractivity contribution is 6.31. The van der Waals surface area contributed by atoms with E-state index in [2.05, 4.69) is 39.0 Å². The number of carbonyl (C=O) groups excluding carboxylic acids is 1. The number of aromatic nitrogens is 2. The van der Waals surface area contributed by atoms with Crippen molar-refractivity contribution in [1.82, 2.24) is 14.9 Å². The lowest BCUT2D eigenvalue weighted by Crippen LogP contribution is -2.20. The number of amides is 1. The fourth-order valence-electron chi connectivity index (χ4n) is 3.42. The number of anilines is 3. The number of carbonyl (C=O) groups is 1. The number of hydrogen-bond donors (Lipinski definition) is 2. The first-order valence-electron chi connectivity index (χ1n) is 13.0. The third-order valence-electron chi connectivity index (χ3n) is 5.13. The molecule has 1 aliphatic heterocycles. The lowest BCUT2D eigenvalue weighted by Gasteiger charge is -2.16. The number of benzene rings is 2. The number of hydrogen-bond acceptors (Lipinski definition) is 5. The number of nitrogens with zero attached hydrogens (tertiary/aromatic N) is 3. The molecule has 1 amide bonds. The van der Waals surface area contributed by atoms with Gasteiger partial charge in [0.05, 0.1) is 27.5 Å². The minimum atomic E-state index is -2.57. The molecule has 6 nitrogen and oxygen atoms in total. The Balaban J connectivity index is 1.82. The summed E-state index contributed by atoms with van der Waals surface area (Å²) in [6, 6.07) is 7.51. The summed E-state index contributed by atoms with van der Waals surface area (Å²) in [5, 5.41) is 5.85. The third-order valence-corrected chi connectivity index (χ3v) is 5.42. The van der Waals surface area contributed by atoms with Crippen molar-refractivity contribution < 1.29 is 17.4 Å². The number of likely N-dealkylation sites (tertiary alicyclic amines) is 1. The molecule has 0 bridgehead atoms. The lowest BCUT2D eigenvalue weighted by atomic mass is 9.90. The van der Waals surface area contributed by atoms with Crippen LogP contribution in [-0.4, -0.2) is 40.8 Å². The largest absolute Gasteiger partial charge is 0.337 e. The van der Waals surface area contributed by atoms with Gasteiger partial charge in [0.1, 0.15) is 12.1 Å². The van der Waals surface area contributed by atoms with Gasteiger partial charge in [-0.2, -0.15) is 0 Å². The van der Waals surface area contributed by atoms with Gasteiger partial charge in [-0.1, -0.05) is 36.1 Å². The number of fused-ring (bicyclic) bond motifs is 1. The first-order chi connectivity index (χ1) is 18.2. The third kappa shape index (κ3) is 4.98. The molecule has 168 valence electrons. The van der Waals surface area contributed by atoms with Gasteiger partial charge in [-0.15, -0.1) is 0 Å². The molecule has 3 aromatic rings. The lowest BCUT2D eigenvalue weighted by molar-refractivity contribution is -0.111. The highest BCUT2D eigenvalue weighted by Crippen LogP contribution is 2.32. The molecule has 0 unspecified atom stereocenters. The number of halogens is 2. The fraction of sp³-hybridized carbons (Fsp3) is 0.240. The Kier molecular flexibility index (Phi) is 4.50. The average Bonchev–Trinajstić information content (AvgIpc) is 3.32. The molecule has 1 aliphatic rings. The van der Waals surface area contributed by atoms with Crippen molar-refractivity contribution in [3.63, 3.8) is 0 Å². The minimum absolute atomic E-state index is 0.0261. The highest BCUT2D eigenvalue weighted by Gasteiger charge is 2.30. The van der Waals surface area contributed by atoms with E-state index in [-0.39, 0.29) is 47.3 Å². The van der Waals surface area contributed by atoms with Crippen molar-refractivity contribution >= 4 is 45.6 Å². The van der Waals surface area contributed by atoms with Crippen LogP contribution in [0.2, 0.25) is 5.02 Å². The standard InChI is InChI=1S/C25H23ClFN5O/c1-4-22(33)30-20-13-17-21(12-16(20)8-9-25(2)10-11-32(3)14-25)28-15-29-24(17)31-19-7-5-6-18(26)23(19)27/h4-7,12-13,15H,1,10-11,14H2,2-3H3,(H,30,33)(H,28,29,31)/t25-/m0/s1/i2D3,3D3. The minimum Gasteiger partial charge on any atom is -0.337 e. The van der Waals surface area contributed by atoms with Crippen LogP contribution in [0.15, 0.2) is 49.3 Å². The van der Waals surface area contributed by atoms with E-state index in [1.807, 2.05) is 0 Å². The second-order valence-corrected chi connectivity index (χ2v) is 7.97. The van der Waals surface area contributed by atoms with Crippen molar-refractivity contribution in [2.75, 3.05) is 30.7 Å². The van der Waals surface area contributed by atoms with Gasteiger partial charge < -0.3 is 15.5 Å². The molecule has 0 aliphatic carbocycles. The van der Waals surface area contributed by atoms with E-state index in [0.717, 1.165) is 11.0 Å². The first-order valence-corrected chi connectivity index (χ1v) is 10.3. The van der Waals surface area contributed by atoms with Gasteiger partial charge in [0.15, 0.2) is 5.82 Å². The van der Waals surface area contributed by atoms with Crippen LogP contribution in [0.1, 0.15) is 27.1 Å². The zero-order chi connectivity index (χ0) is 28.6. The monoisotopic (exact) mass is 469 g/mol. The Morgan fingerprint density at radius 1 is 1.39 bits per heavy atom. The van der Waals surface area contributed by atoms with Crippen molar-refractivity contribution in [2.24, 2.45) is 5.41 Å². The van der Waals surface area contributed by atoms with E-state index in [4.69, 9.17) is 19.8 Å². The maximum absolute atomic E-state index is 14.5. The SMILES string of the molecule is [2H]C([2H])([2H])N1CC[C@@](C#Cc2cc3ncnc(Nc4cccc(Cl)c4F)c3cc2NC(=O)C=C)(C([2H])([2H])[2H])C1. The average molecular weight is 470 g/mol. The Morgan fingerprint density at radius 2 is 2.27 bits per heavy atom. The van der Waals surface area contributed by atoms with Gasteiger partial charge in [0.25, 0.3) is 0 Å². The van der Waals surface area contributed by atoms with Crippen LogP contribution in [0.4, 0.5) is 21.6 Å². The molecule has 2 aromatic carbocycles. The van der Waals surface area contributed by atoms with Crippen molar-refractivity contribution in [2.45, 2.75) is 13.3 Å². The fourth-order valence-corrected chi connectivity index (χ4v) is 3.59. The van der Waals surface area contributed by atoms with Gasteiger partial charge in [-0.05, 0) is 57.1 Å². The van der Waals surface area contributed by atoms with Crippen molar-refractivity contribution in [3.8, 4) is 11.8 Å². The Labute approximate surface area is 205 Å². The summed E-state index contributed by atoms with van der Waals surface area (Å²) in [6.07, 6.45) is 2.33. The molecule has 33 heavy (non-hydrogen) atoms. The zero-order valence-corrected chi connectivity index (χ0v) is 18.1. The molecule has 0 radical (unpaired) electrons. The molecule has 8 heteroatoms. The van der Waals surface area contributed by atoms with Gasteiger partial charge in [-0.3, -0.25) is 4.79 Å². The van der Waals surface area contributed by atoms with Crippen LogP contribution in [-0.2, 0) is 4.79 Å². The summed E-state index contributed by atoms with van der Waals surface area (Å²) < 4.78 is 61.8. The van der Waals surface area contributed by atoms with Crippen LogP contribution in [0, 0.1) is 23.1 Å². The van der Waals surface area contributed by atoms with Crippen LogP contribution in [0.5, 0.6) is 0 Å². The molecule has 4 rings (SSSR count). The zero-order valence-electron chi connectivity index (χ0n) is 23.4. The smallest absolute Gasteiger partial charge is 0.247 e. The van der Waals surface area contributed by atoms with Crippen molar-refractivity contribution in [3.05, 3.63) is 65.7 Å². The predicted octanol–water partition coefficient (Wildman–Crippen LogP) is 4.98. The van der Waals surface area contributed by atoms with Crippen LogP contribution in [0.3, 0.4) is 0 Å². The van der Waals surface area contributed by atoms with E-state index in [0.29, 0.717) is 10.9 Å². The molecule has 1 fully saturated rings. The second-order valence-electron chi connectivity index (χ2n) is 7.56. The maximum atomic E-state index is 14.5. The van der Waals surface area contributed by atoms with Crippen molar-refractivity contribution in [1.29, 1.82) is 0 Å². The number of nitrogens with one attached hydrogen (secondary N) is 2. The Morgan fingerprint density at radius 3 is 3.03 bits per heavy atom. The van der Waals surface area contributed by atoms with E-state index < -0.39 is 31.0 Å².